The lowest BCUT2D eigenvalue weighted by Crippen LogP contribution is -2.06. The zero-order valence-electron chi connectivity index (χ0n) is 10.3. The average molecular weight is 231 g/mol. The number of aromatic nitrogens is 2. The van der Waals surface area contributed by atoms with Crippen LogP contribution in [0.1, 0.15) is 18.5 Å². The van der Waals surface area contributed by atoms with Gasteiger partial charge in [-0.3, -0.25) is 4.68 Å². The van der Waals surface area contributed by atoms with Crippen LogP contribution in [0.3, 0.4) is 0 Å². The Bertz CT molecular complexity index is 500. The number of hydrogen-bond acceptors (Lipinski definition) is 3. The summed E-state index contributed by atoms with van der Waals surface area (Å²) in [6.45, 7) is 1.96. The Kier molecular flexibility index (Phi) is 3.15. The van der Waals surface area contributed by atoms with Crippen LogP contribution in [0, 0.1) is 0 Å². The summed E-state index contributed by atoms with van der Waals surface area (Å²) in [5, 5.41) is 4.26. The molecule has 0 aliphatic carbocycles. The van der Waals surface area contributed by atoms with Gasteiger partial charge in [-0.05, 0) is 31.2 Å². The number of ether oxygens (including phenoxy) is 1. The number of aryl methyl sites for hydroxylation is 1. The van der Waals surface area contributed by atoms with Crippen molar-refractivity contribution in [1.29, 1.82) is 0 Å². The molecule has 0 aliphatic rings. The van der Waals surface area contributed by atoms with E-state index in [-0.39, 0.29) is 6.04 Å². The second-order valence-electron chi connectivity index (χ2n) is 4.09. The summed E-state index contributed by atoms with van der Waals surface area (Å²) < 4.78 is 7.00. The summed E-state index contributed by atoms with van der Waals surface area (Å²) in [6.07, 6.45) is 1.82. The highest BCUT2D eigenvalue weighted by Crippen LogP contribution is 2.28. The van der Waals surface area contributed by atoms with Crippen molar-refractivity contribution in [3.05, 3.63) is 36.0 Å². The van der Waals surface area contributed by atoms with Gasteiger partial charge in [0, 0.05) is 24.2 Å². The number of benzene rings is 1. The van der Waals surface area contributed by atoms with E-state index in [0.29, 0.717) is 0 Å². The predicted molar refractivity (Wildman–Crippen MR) is 67.8 cm³/mol. The van der Waals surface area contributed by atoms with Crippen molar-refractivity contribution in [3.8, 4) is 17.0 Å². The van der Waals surface area contributed by atoms with E-state index in [9.17, 15) is 0 Å². The van der Waals surface area contributed by atoms with Crippen molar-refractivity contribution in [1.82, 2.24) is 9.78 Å². The first kappa shape index (κ1) is 11.7. The first-order chi connectivity index (χ1) is 8.13. The number of methoxy groups -OCH3 is 1. The molecule has 17 heavy (non-hydrogen) atoms. The smallest absolute Gasteiger partial charge is 0.118 e. The summed E-state index contributed by atoms with van der Waals surface area (Å²) in [5.74, 6) is 0.846. The van der Waals surface area contributed by atoms with E-state index in [1.807, 2.05) is 49.1 Å². The Morgan fingerprint density at radius 3 is 2.47 bits per heavy atom. The van der Waals surface area contributed by atoms with Gasteiger partial charge in [-0.2, -0.15) is 5.10 Å². The third-order valence-corrected chi connectivity index (χ3v) is 2.82. The molecular formula is C13H17N3O. The summed E-state index contributed by atoms with van der Waals surface area (Å²) in [7, 11) is 3.58. The molecular weight excluding hydrogens is 214 g/mol. The van der Waals surface area contributed by atoms with E-state index in [1.54, 1.807) is 7.11 Å². The maximum Gasteiger partial charge on any atom is 0.118 e. The summed E-state index contributed by atoms with van der Waals surface area (Å²) in [6, 6.07) is 7.88. The molecule has 0 amide bonds. The Morgan fingerprint density at radius 2 is 1.94 bits per heavy atom. The van der Waals surface area contributed by atoms with Crippen molar-refractivity contribution >= 4 is 0 Å². The molecule has 0 bridgehead atoms. The molecule has 0 saturated carbocycles. The lowest BCUT2D eigenvalue weighted by Gasteiger charge is -2.09. The quantitative estimate of drug-likeness (QED) is 0.880. The van der Waals surface area contributed by atoms with Crippen molar-refractivity contribution in [2.24, 2.45) is 12.8 Å². The van der Waals surface area contributed by atoms with Gasteiger partial charge in [0.15, 0.2) is 0 Å². The molecule has 0 radical (unpaired) electrons. The standard InChI is InChI=1S/C13H17N3O/c1-9(14)12-8-15-16(2)13(12)10-4-6-11(17-3)7-5-10/h4-9H,14H2,1-3H3. The number of nitrogens with two attached hydrogens (primary N) is 1. The molecule has 2 aromatic rings. The highest BCUT2D eigenvalue weighted by atomic mass is 16.5. The Labute approximate surface area is 101 Å². The molecule has 0 fully saturated rings. The van der Waals surface area contributed by atoms with Gasteiger partial charge in [0.2, 0.25) is 0 Å². The van der Waals surface area contributed by atoms with Crippen LogP contribution in [0.15, 0.2) is 30.5 Å². The van der Waals surface area contributed by atoms with Gasteiger partial charge in [0.1, 0.15) is 5.75 Å². The lowest BCUT2D eigenvalue weighted by molar-refractivity contribution is 0.415. The molecule has 1 atom stereocenters. The van der Waals surface area contributed by atoms with Gasteiger partial charge in [-0.25, -0.2) is 0 Å². The summed E-state index contributed by atoms with van der Waals surface area (Å²) in [4.78, 5) is 0. The van der Waals surface area contributed by atoms with Crippen molar-refractivity contribution in [2.75, 3.05) is 7.11 Å². The zero-order chi connectivity index (χ0) is 12.4. The van der Waals surface area contributed by atoms with Gasteiger partial charge in [0.25, 0.3) is 0 Å². The minimum Gasteiger partial charge on any atom is -0.497 e. The van der Waals surface area contributed by atoms with Gasteiger partial charge in [-0.15, -0.1) is 0 Å². The van der Waals surface area contributed by atoms with E-state index >= 15 is 0 Å². The maximum atomic E-state index is 5.94. The molecule has 1 aromatic carbocycles. The molecule has 2 N–H and O–H groups in total. The van der Waals surface area contributed by atoms with Crippen LogP contribution in [-0.2, 0) is 7.05 Å². The molecule has 1 heterocycles. The van der Waals surface area contributed by atoms with Crippen LogP contribution in [0.4, 0.5) is 0 Å². The monoisotopic (exact) mass is 231 g/mol. The maximum absolute atomic E-state index is 5.94. The first-order valence-corrected chi connectivity index (χ1v) is 5.55. The van der Waals surface area contributed by atoms with Crippen LogP contribution < -0.4 is 10.5 Å². The van der Waals surface area contributed by atoms with E-state index < -0.39 is 0 Å². The van der Waals surface area contributed by atoms with Crippen LogP contribution in [0.25, 0.3) is 11.3 Å². The fourth-order valence-electron chi connectivity index (χ4n) is 1.89. The van der Waals surface area contributed by atoms with Crippen LogP contribution in [0.2, 0.25) is 0 Å². The minimum atomic E-state index is -0.0270. The van der Waals surface area contributed by atoms with Gasteiger partial charge >= 0.3 is 0 Å². The molecule has 0 spiro atoms. The van der Waals surface area contributed by atoms with Gasteiger partial charge < -0.3 is 10.5 Å². The second kappa shape index (κ2) is 4.59. The molecule has 90 valence electrons. The third kappa shape index (κ3) is 2.17. The van der Waals surface area contributed by atoms with Crippen LogP contribution >= 0.6 is 0 Å². The fourth-order valence-corrected chi connectivity index (χ4v) is 1.89. The number of nitrogens with zero attached hydrogens (tertiary/aromatic N) is 2. The first-order valence-electron chi connectivity index (χ1n) is 5.55. The topological polar surface area (TPSA) is 53.1 Å². The van der Waals surface area contributed by atoms with Gasteiger partial charge in [-0.1, -0.05) is 0 Å². The Morgan fingerprint density at radius 1 is 1.29 bits per heavy atom. The molecule has 1 unspecified atom stereocenters. The highest BCUT2D eigenvalue weighted by Gasteiger charge is 2.13. The summed E-state index contributed by atoms with van der Waals surface area (Å²) in [5.41, 5.74) is 9.15. The van der Waals surface area contributed by atoms with Crippen LogP contribution in [0.5, 0.6) is 5.75 Å². The number of hydrogen-bond donors (Lipinski definition) is 1. The van der Waals surface area contributed by atoms with E-state index in [1.165, 1.54) is 0 Å². The molecule has 4 heteroatoms. The normalized spacial score (nSPS) is 12.5. The predicted octanol–water partition coefficient (Wildman–Crippen LogP) is 2.12. The summed E-state index contributed by atoms with van der Waals surface area (Å²) >= 11 is 0. The van der Waals surface area contributed by atoms with E-state index in [0.717, 1.165) is 22.6 Å². The van der Waals surface area contributed by atoms with Crippen molar-refractivity contribution in [2.45, 2.75) is 13.0 Å². The van der Waals surface area contributed by atoms with E-state index in [2.05, 4.69) is 5.10 Å². The van der Waals surface area contributed by atoms with Crippen molar-refractivity contribution in [3.63, 3.8) is 0 Å². The highest BCUT2D eigenvalue weighted by molar-refractivity contribution is 5.64. The van der Waals surface area contributed by atoms with E-state index in [4.69, 9.17) is 10.5 Å². The largest absolute Gasteiger partial charge is 0.497 e. The Balaban J connectivity index is 2.48. The average Bonchev–Trinajstić information content (AvgIpc) is 2.71. The van der Waals surface area contributed by atoms with Crippen molar-refractivity contribution < 1.29 is 4.74 Å². The molecule has 2 rings (SSSR count). The molecule has 1 aromatic heterocycles. The van der Waals surface area contributed by atoms with Crippen LogP contribution in [-0.4, -0.2) is 16.9 Å². The molecule has 0 aliphatic heterocycles. The molecule has 0 saturated heterocycles. The zero-order valence-corrected chi connectivity index (χ0v) is 10.3. The Hall–Kier alpha value is -1.81. The third-order valence-electron chi connectivity index (χ3n) is 2.82. The second-order valence-corrected chi connectivity index (χ2v) is 4.09. The lowest BCUT2D eigenvalue weighted by atomic mass is 10.0. The SMILES string of the molecule is COc1ccc(-c2c(C(C)N)cnn2C)cc1. The minimum absolute atomic E-state index is 0.0270. The molecule has 4 nitrogen and oxygen atoms in total. The fraction of sp³-hybridized carbons (Fsp3) is 0.308. The van der Waals surface area contributed by atoms with Gasteiger partial charge in [0.05, 0.1) is 19.0 Å². The number of rotatable bonds is 3.